The summed E-state index contributed by atoms with van der Waals surface area (Å²) in [5.74, 6) is -0.194. The molecule has 0 spiro atoms. The molecule has 0 atom stereocenters. The zero-order chi connectivity index (χ0) is 13.2. The van der Waals surface area contributed by atoms with Crippen molar-refractivity contribution in [2.75, 3.05) is 23.7 Å². The van der Waals surface area contributed by atoms with Crippen molar-refractivity contribution in [3.05, 3.63) is 24.0 Å². The van der Waals surface area contributed by atoms with Gasteiger partial charge in [-0.1, -0.05) is 13.1 Å². The van der Waals surface area contributed by atoms with E-state index in [1.54, 1.807) is 12.1 Å². The van der Waals surface area contributed by atoms with Crippen LogP contribution in [0.15, 0.2) is 18.2 Å². The molecule has 0 aliphatic carbocycles. The van der Waals surface area contributed by atoms with Gasteiger partial charge in [0.05, 0.1) is 5.69 Å². The summed E-state index contributed by atoms with van der Waals surface area (Å²) < 4.78 is 14.4. The summed E-state index contributed by atoms with van der Waals surface area (Å²) in [6.45, 7) is 6.52. The van der Waals surface area contributed by atoms with Gasteiger partial charge in [0.25, 0.3) is 0 Å². The molecule has 1 aromatic rings. The molecule has 0 amide bonds. The Hall–Kier alpha value is -0.816. The van der Waals surface area contributed by atoms with Crippen LogP contribution in [0.5, 0.6) is 0 Å². The van der Waals surface area contributed by atoms with E-state index in [9.17, 15) is 4.39 Å². The summed E-state index contributed by atoms with van der Waals surface area (Å²) in [5.41, 5.74) is 6.79. The Labute approximate surface area is 113 Å². The third kappa shape index (κ3) is 2.61. The van der Waals surface area contributed by atoms with Gasteiger partial charge in [0.15, 0.2) is 0 Å². The minimum absolute atomic E-state index is 0.194. The first kappa shape index (κ1) is 13.6. The molecule has 1 saturated heterocycles. The van der Waals surface area contributed by atoms with E-state index in [-0.39, 0.29) is 5.82 Å². The van der Waals surface area contributed by atoms with Crippen molar-refractivity contribution in [3.8, 4) is 0 Å². The van der Waals surface area contributed by atoms with Gasteiger partial charge in [-0.25, -0.2) is 4.39 Å². The molecule has 1 aliphatic rings. The molecule has 0 aromatic heterocycles. The second kappa shape index (κ2) is 5.44. The molecular formula is C13H19FN2Si2. The molecule has 2 nitrogen and oxygen atoms in total. The maximum absolute atomic E-state index is 13.9. The first-order valence-electron chi connectivity index (χ1n) is 6.28. The fraction of sp³-hybridized carbons (Fsp3) is 0.538. The standard InChI is InChI=1S/C13H19FN2Si2/c1-17-13(18-2)5-7-16(8-6-13)12-4-3-10(15)9-11(12)14/h3-4,9H,5-8,15H2,1-2H3. The first-order valence-corrected chi connectivity index (χ1v) is 9.28. The quantitative estimate of drug-likeness (QED) is 0.680. The highest BCUT2D eigenvalue weighted by atomic mass is 28.3. The minimum atomic E-state index is -0.194. The summed E-state index contributed by atoms with van der Waals surface area (Å²) in [6, 6.07) is 5.00. The molecule has 18 heavy (non-hydrogen) atoms. The Kier molecular flexibility index (Phi) is 4.12. The lowest BCUT2D eigenvalue weighted by atomic mass is 10.1. The average Bonchev–Trinajstić information content (AvgIpc) is 2.39. The van der Waals surface area contributed by atoms with Gasteiger partial charge < -0.3 is 10.6 Å². The van der Waals surface area contributed by atoms with E-state index in [2.05, 4.69) is 18.0 Å². The van der Waals surface area contributed by atoms with Crippen molar-refractivity contribution in [3.63, 3.8) is 0 Å². The Morgan fingerprint density at radius 1 is 1.22 bits per heavy atom. The predicted octanol–water partition coefficient (Wildman–Crippen LogP) is 2.63. The third-order valence-corrected chi connectivity index (χ3v) is 8.30. The molecule has 0 saturated carbocycles. The van der Waals surface area contributed by atoms with E-state index in [1.165, 1.54) is 18.9 Å². The Morgan fingerprint density at radius 2 is 1.83 bits per heavy atom. The van der Waals surface area contributed by atoms with Crippen molar-refractivity contribution >= 4 is 30.4 Å². The third-order valence-electron chi connectivity index (χ3n) is 3.89. The van der Waals surface area contributed by atoms with Crippen molar-refractivity contribution in [1.29, 1.82) is 0 Å². The van der Waals surface area contributed by atoms with Gasteiger partial charge in [-0.3, -0.25) is 0 Å². The summed E-state index contributed by atoms with van der Waals surface area (Å²) >= 11 is 0. The van der Waals surface area contributed by atoms with Crippen molar-refractivity contribution in [1.82, 2.24) is 0 Å². The minimum Gasteiger partial charge on any atom is -0.399 e. The van der Waals surface area contributed by atoms with E-state index < -0.39 is 0 Å². The van der Waals surface area contributed by atoms with Crippen molar-refractivity contribution in [2.24, 2.45) is 0 Å². The molecule has 0 unspecified atom stereocenters. The van der Waals surface area contributed by atoms with Gasteiger partial charge in [0, 0.05) is 37.8 Å². The fourth-order valence-electron chi connectivity index (χ4n) is 2.53. The number of piperidine rings is 1. The van der Waals surface area contributed by atoms with Crippen molar-refractivity contribution in [2.45, 2.75) is 30.6 Å². The van der Waals surface area contributed by atoms with Crippen LogP contribution in [0.2, 0.25) is 17.8 Å². The zero-order valence-electron chi connectivity index (χ0n) is 11.0. The van der Waals surface area contributed by atoms with Crippen LogP contribution in [0.3, 0.4) is 0 Å². The summed E-state index contributed by atoms with van der Waals surface area (Å²) in [6.07, 6.45) is 2.36. The van der Waals surface area contributed by atoms with Crippen molar-refractivity contribution < 1.29 is 4.39 Å². The van der Waals surface area contributed by atoms with Gasteiger partial charge in [-0.15, -0.1) is 0 Å². The van der Waals surface area contributed by atoms with E-state index >= 15 is 0 Å². The number of nitrogen functional groups attached to an aromatic ring is 1. The number of benzene rings is 1. The second-order valence-corrected chi connectivity index (χ2v) is 8.19. The number of nitrogens with zero attached hydrogens (tertiary/aromatic N) is 1. The molecule has 2 rings (SSSR count). The number of nitrogens with two attached hydrogens (primary N) is 1. The first-order chi connectivity index (χ1) is 8.60. The largest absolute Gasteiger partial charge is 0.399 e. The monoisotopic (exact) mass is 278 g/mol. The maximum atomic E-state index is 13.9. The van der Waals surface area contributed by atoms with E-state index in [1.807, 2.05) is 0 Å². The van der Waals surface area contributed by atoms with Crippen LogP contribution < -0.4 is 10.6 Å². The maximum Gasteiger partial charge on any atom is 0.148 e. The van der Waals surface area contributed by atoms with E-state index in [0.29, 0.717) is 16.0 Å². The fourth-order valence-corrected chi connectivity index (χ4v) is 4.98. The highest BCUT2D eigenvalue weighted by Crippen LogP contribution is 2.38. The van der Waals surface area contributed by atoms with Gasteiger partial charge in [0.1, 0.15) is 5.82 Å². The molecule has 0 bridgehead atoms. The van der Waals surface area contributed by atoms with Crippen LogP contribution >= 0.6 is 0 Å². The highest BCUT2D eigenvalue weighted by Gasteiger charge is 2.32. The molecule has 4 radical (unpaired) electrons. The lowest BCUT2D eigenvalue weighted by Crippen LogP contribution is -2.41. The Bertz CT molecular complexity index is 411. The topological polar surface area (TPSA) is 29.3 Å². The molecule has 5 heteroatoms. The molecule has 1 heterocycles. The smallest absolute Gasteiger partial charge is 0.148 e. The number of hydrogen-bond donors (Lipinski definition) is 1. The highest BCUT2D eigenvalue weighted by molar-refractivity contribution is 6.60. The van der Waals surface area contributed by atoms with Crippen LogP contribution in [-0.4, -0.2) is 32.1 Å². The molecular weight excluding hydrogens is 259 g/mol. The van der Waals surface area contributed by atoms with Crippen LogP contribution in [-0.2, 0) is 0 Å². The van der Waals surface area contributed by atoms with Gasteiger partial charge in [0.2, 0.25) is 0 Å². The van der Waals surface area contributed by atoms with Gasteiger partial charge >= 0.3 is 0 Å². The Morgan fingerprint density at radius 3 is 2.33 bits per heavy atom. The van der Waals surface area contributed by atoms with E-state index in [4.69, 9.17) is 5.73 Å². The second-order valence-electron chi connectivity index (χ2n) is 4.78. The predicted molar refractivity (Wildman–Crippen MR) is 78.2 cm³/mol. The molecule has 1 fully saturated rings. The Balaban J connectivity index is 2.10. The number of halogens is 1. The summed E-state index contributed by atoms with van der Waals surface area (Å²) in [4.78, 5) is 2.16. The lowest BCUT2D eigenvalue weighted by Gasteiger charge is -2.41. The normalized spacial score (nSPS) is 18.9. The van der Waals surface area contributed by atoms with Gasteiger partial charge in [-0.05, 0) is 35.7 Å². The average molecular weight is 278 g/mol. The van der Waals surface area contributed by atoms with Crippen LogP contribution in [0, 0.1) is 5.82 Å². The van der Waals surface area contributed by atoms with Crippen LogP contribution in [0.4, 0.5) is 15.8 Å². The molecule has 1 aliphatic heterocycles. The molecule has 96 valence electrons. The molecule has 2 N–H and O–H groups in total. The number of hydrogen-bond acceptors (Lipinski definition) is 2. The van der Waals surface area contributed by atoms with E-state index in [0.717, 1.165) is 32.1 Å². The van der Waals surface area contributed by atoms with Gasteiger partial charge in [-0.2, -0.15) is 0 Å². The number of rotatable bonds is 3. The summed E-state index contributed by atoms with van der Waals surface area (Å²) in [5, 5.41) is 0. The number of anilines is 2. The SMILES string of the molecule is C[Si]C1([Si]C)CCN(c2ccc(N)cc2F)CC1. The van der Waals surface area contributed by atoms with Crippen LogP contribution in [0.1, 0.15) is 12.8 Å². The molecule has 1 aromatic carbocycles. The zero-order valence-corrected chi connectivity index (χ0v) is 13.0. The lowest BCUT2D eigenvalue weighted by molar-refractivity contribution is 0.518. The van der Waals surface area contributed by atoms with Crippen LogP contribution in [0.25, 0.3) is 0 Å². The summed E-state index contributed by atoms with van der Waals surface area (Å²) in [7, 11) is 1.98.